The molecule has 1 fully saturated rings. The lowest BCUT2D eigenvalue weighted by Crippen LogP contribution is -2.20. The lowest BCUT2D eigenvalue weighted by molar-refractivity contribution is -0.137. The average molecular weight is 359 g/mol. The number of aromatic nitrogens is 2. The molecule has 1 aliphatic rings. The van der Waals surface area contributed by atoms with Gasteiger partial charge in [-0.3, -0.25) is 9.78 Å². The number of nitrogens with zero attached hydrogens (tertiary/aromatic N) is 2. The van der Waals surface area contributed by atoms with Gasteiger partial charge >= 0.3 is 6.18 Å². The summed E-state index contributed by atoms with van der Waals surface area (Å²) < 4.78 is 40.2. The predicted molar refractivity (Wildman–Crippen MR) is 91.0 cm³/mol. The number of pyridine rings is 1. The fourth-order valence-corrected chi connectivity index (χ4v) is 3.39. The van der Waals surface area contributed by atoms with Crippen LogP contribution in [0.3, 0.4) is 0 Å². The lowest BCUT2D eigenvalue weighted by atomic mass is 10.1. The topological polar surface area (TPSA) is 46.9 Å². The number of hydrogen-bond donors (Lipinski definition) is 1. The summed E-state index contributed by atoms with van der Waals surface area (Å²) >= 11 is 0. The summed E-state index contributed by atoms with van der Waals surface area (Å²) in [6.07, 6.45) is -0.0464. The molecule has 4 nitrogen and oxygen atoms in total. The standard InChI is InChI=1S/C19H16F3N3O/c1-23-18(26)14-9-13(14)15-10-25(16-3-2-8-24-17(15)16)12-6-4-11(5-7-12)19(20,21)22/h2-8,10,13-14H,9H2,1H3,(H,23,26)/t13-,14-/m1/s1. The second kappa shape index (κ2) is 5.86. The number of fused-ring (bicyclic) bond motifs is 1. The van der Waals surface area contributed by atoms with Crippen molar-refractivity contribution in [2.24, 2.45) is 5.92 Å². The molecule has 2 heterocycles. The summed E-state index contributed by atoms with van der Waals surface area (Å²) in [5, 5.41) is 2.66. The molecule has 1 amide bonds. The summed E-state index contributed by atoms with van der Waals surface area (Å²) in [5.41, 5.74) is 2.49. The van der Waals surface area contributed by atoms with Gasteiger partial charge in [0.25, 0.3) is 0 Å². The largest absolute Gasteiger partial charge is 0.416 e. The summed E-state index contributed by atoms with van der Waals surface area (Å²) in [4.78, 5) is 16.3. The van der Waals surface area contributed by atoms with E-state index in [1.165, 1.54) is 12.1 Å². The Balaban J connectivity index is 1.76. The minimum absolute atomic E-state index is 0.00126. The van der Waals surface area contributed by atoms with Crippen LogP contribution < -0.4 is 5.32 Å². The molecule has 7 heteroatoms. The molecule has 1 aromatic carbocycles. The van der Waals surface area contributed by atoms with Crippen molar-refractivity contribution in [1.29, 1.82) is 0 Å². The van der Waals surface area contributed by atoms with Gasteiger partial charge in [-0.1, -0.05) is 0 Å². The van der Waals surface area contributed by atoms with Gasteiger partial charge < -0.3 is 9.88 Å². The molecule has 2 aromatic heterocycles. The molecule has 0 bridgehead atoms. The first kappa shape index (κ1) is 16.6. The van der Waals surface area contributed by atoms with Crippen LogP contribution in [0.5, 0.6) is 0 Å². The summed E-state index contributed by atoms with van der Waals surface area (Å²) in [6.45, 7) is 0. The third kappa shape index (κ3) is 2.73. The molecule has 2 atom stereocenters. The Labute approximate surface area is 147 Å². The quantitative estimate of drug-likeness (QED) is 0.771. The zero-order valence-corrected chi connectivity index (χ0v) is 13.9. The van der Waals surface area contributed by atoms with E-state index in [0.717, 1.165) is 35.2 Å². The van der Waals surface area contributed by atoms with Crippen molar-refractivity contribution in [1.82, 2.24) is 14.9 Å². The maximum Gasteiger partial charge on any atom is 0.416 e. The van der Waals surface area contributed by atoms with Crippen LogP contribution in [0.25, 0.3) is 16.7 Å². The number of alkyl halides is 3. The predicted octanol–water partition coefficient (Wildman–Crippen LogP) is 3.89. The molecule has 1 aliphatic carbocycles. The minimum Gasteiger partial charge on any atom is -0.359 e. The summed E-state index contributed by atoms with van der Waals surface area (Å²) in [6, 6.07) is 8.70. The van der Waals surface area contributed by atoms with Crippen molar-refractivity contribution in [3.8, 4) is 5.69 Å². The molecule has 0 radical (unpaired) electrons. The van der Waals surface area contributed by atoms with Gasteiger partial charge in [-0.15, -0.1) is 0 Å². The molecular weight excluding hydrogens is 343 g/mol. The highest BCUT2D eigenvalue weighted by Gasteiger charge is 2.45. The van der Waals surface area contributed by atoms with Crippen LogP contribution in [0.2, 0.25) is 0 Å². The van der Waals surface area contributed by atoms with Gasteiger partial charge in [0.15, 0.2) is 0 Å². The first-order valence-corrected chi connectivity index (χ1v) is 8.25. The van der Waals surface area contributed by atoms with Crippen molar-refractivity contribution in [3.63, 3.8) is 0 Å². The number of rotatable bonds is 3. The number of nitrogens with one attached hydrogen (secondary N) is 1. The van der Waals surface area contributed by atoms with E-state index in [4.69, 9.17) is 0 Å². The smallest absolute Gasteiger partial charge is 0.359 e. The molecule has 1 saturated carbocycles. The van der Waals surface area contributed by atoms with Crippen molar-refractivity contribution in [2.45, 2.75) is 18.5 Å². The van der Waals surface area contributed by atoms with Crippen molar-refractivity contribution in [2.75, 3.05) is 7.05 Å². The first-order chi connectivity index (χ1) is 12.4. The third-order valence-corrected chi connectivity index (χ3v) is 4.83. The van der Waals surface area contributed by atoms with Gasteiger partial charge in [-0.25, -0.2) is 0 Å². The van der Waals surface area contributed by atoms with E-state index in [2.05, 4.69) is 10.3 Å². The molecular formula is C19H16F3N3O. The van der Waals surface area contributed by atoms with Crippen LogP contribution in [0, 0.1) is 5.92 Å². The average Bonchev–Trinajstić information content (AvgIpc) is 3.34. The maximum atomic E-state index is 12.8. The van der Waals surface area contributed by atoms with E-state index in [1.807, 2.05) is 16.8 Å². The normalized spacial score (nSPS) is 19.5. The highest BCUT2D eigenvalue weighted by Crippen LogP contribution is 2.50. The van der Waals surface area contributed by atoms with Crippen molar-refractivity contribution >= 4 is 16.9 Å². The fraction of sp³-hybridized carbons (Fsp3) is 0.263. The number of amides is 1. The minimum atomic E-state index is -4.36. The van der Waals surface area contributed by atoms with Crippen LogP contribution in [0.1, 0.15) is 23.5 Å². The highest BCUT2D eigenvalue weighted by atomic mass is 19.4. The van der Waals surface area contributed by atoms with Gasteiger partial charge in [0, 0.05) is 36.6 Å². The molecule has 134 valence electrons. The number of carbonyl (C=O) groups is 1. The molecule has 0 saturated heterocycles. The van der Waals surface area contributed by atoms with E-state index in [-0.39, 0.29) is 17.7 Å². The zero-order valence-electron chi connectivity index (χ0n) is 13.9. The molecule has 0 unspecified atom stereocenters. The van der Waals surface area contributed by atoms with Gasteiger partial charge in [0.05, 0.1) is 16.6 Å². The number of halogens is 3. The zero-order chi connectivity index (χ0) is 18.5. The number of benzene rings is 1. The SMILES string of the molecule is CNC(=O)[C@@H]1C[C@H]1c1cn(-c2ccc(C(F)(F)F)cc2)c2cccnc12. The highest BCUT2D eigenvalue weighted by molar-refractivity contribution is 5.87. The molecule has 0 aliphatic heterocycles. The second-order valence-corrected chi connectivity index (χ2v) is 6.43. The van der Waals surface area contributed by atoms with E-state index in [9.17, 15) is 18.0 Å². The third-order valence-electron chi connectivity index (χ3n) is 4.83. The Kier molecular flexibility index (Phi) is 3.75. The van der Waals surface area contributed by atoms with E-state index >= 15 is 0 Å². The van der Waals surface area contributed by atoms with Crippen LogP contribution in [0.15, 0.2) is 48.8 Å². The Bertz CT molecular complexity index is 976. The van der Waals surface area contributed by atoms with Gasteiger partial charge in [-0.2, -0.15) is 13.2 Å². The fourth-order valence-electron chi connectivity index (χ4n) is 3.39. The van der Waals surface area contributed by atoms with Crippen LogP contribution in [0.4, 0.5) is 13.2 Å². The monoisotopic (exact) mass is 359 g/mol. The summed E-state index contributed by atoms with van der Waals surface area (Å²) in [7, 11) is 1.61. The summed E-state index contributed by atoms with van der Waals surface area (Å²) in [5.74, 6) is 0.0121. The molecule has 3 aromatic rings. The van der Waals surface area contributed by atoms with Crippen LogP contribution in [-0.2, 0) is 11.0 Å². The van der Waals surface area contributed by atoms with E-state index in [1.54, 1.807) is 19.3 Å². The molecule has 26 heavy (non-hydrogen) atoms. The van der Waals surface area contributed by atoms with Crippen LogP contribution in [-0.4, -0.2) is 22.5 Å². The first-order valence-electron chi connectivity index (χ1n) is 8.25. The number of carbonyl (C=O) groups excluding carboxylic acids is 1. The Morgan fingerprint density at radius 2 is 1.96 bits per heavy atom. The molecule has 0 spiro atoms. The Morgan fingerprint density at radius 3 is 2.62 bits per heavy atom. The van der Waals surface area contributed by atoms with Gasteiger partial charge in [0.1, 0.15) is 0 Å². The second-order valence-electron chi connectivity index (χ2n) is 6.43. The van der Waals surface area contributed by atoms with E-state index < -0.39 is 11.7 Å². The lowest BCUT2D eigenvalue weighted by Gasteiger charge is -2.09. The number of hydrogen-bond acceptors (Lipinski definition) is 2. The maximum absolute atomic E-state index is 12.8. The molecule has 1 N–H and O–H groups in total. The van der Waals surface area contributed by atoms with Gasteiger partial charge in [-0.05, 0) is 48.7 Å². The van der Waals surface area contributed by atoms with Crippen molar-refractivity contribution in [3.05, 3.63) is 59.9 Å². The Hall–Kier alpha value is -2.83. The van der Waals surface area contributed by atoms with E-state index in [0.29, 0.717) is 5.69 Å². The van der Waals surface area contributed by atoms with Gasteiger partial charge in [0.2, 0.25) is 5.91 Å². The Morgan fingerprint density at radius 1 is 1.23 bits per heavy atom. The molecule has 4 rings (SSSR count). The van der Waals surface area contributed by atoms with Crippen molar-refractivity contribution < 1.29 is 18.0 Å². The van der Waals surface area contributed by atoms with Crippen LogP contribution >= 0.6 is 0 Å².